The van der Waals surface area contributed by atoms with Gasteiger partial charge in [0.2, 0.25) is 11.5 Å². The van der Waals surface area contributed by atoms with E-state index >= 15 is 0 Å². The van der Waals surface area contributed by atoms with E-state index in [0.29, 0.717) is 40.7 Å². The quantitative estimate of drug-likeness (QED) is 0.446. The number of hydrogen-bond acceptors (Lipinski definition) is 6. The lowest BCUT2D eigenvalue weighted by Gasteiger charge is -2.28. The van der Waals surface area contributed by atoms with Gasteiger partial charge in [0.15, 0.2) is 11.5 Å². The summed E-state index contributed by atoms with van der Waals surface area (Å²) in [5.41, 5.74) is -2.40. The van der Waals surface area contributed by atoms with E-state index in [1.165, 1.54) is 19.4 Å². The van der Waals surface area contributed by atoms with E-state index in [1.54, 1.807) is 25.1 Å². The summed E-state index contributed by atoms with van der Waals surface area (Å²) < 4.78 is 51.9. The van der Waals surface area contributed by atoms with Gasteiger partial charge in [-0.05, 0) is 38.0 Å². The largest absolute Gasteiger partial charge is 0.493 e. The Morgan fingerprint density at radius 1 is 1.28 bits per heavy atom. The molecule has 1 amide bonds. The fourth-order valence-corrected chi connectivity index (χ4v) is 3.97. The lowest BCUT2D eigenvalue weighted by molar-refractivity contribution is -0.267. The number of carbonyl (C=O) groups excluding carboxylic acids is 1. The van der Waals surface area contributed by atoms with Gasteiger partial charge in [0.1, 0.15) is 5.01 Å². The molecule has 0 aliphatic heterocycles. The maximum absolute atomic E-state index is 13.6. The zero-order chi connectivity index (χ0) is 23.9. The zero-order valence-electron chi connectivity index (χ0n) is 18.6. The number of methoxy groups -OCH3 is 1. The molecular weight excluding hydrogens is 445 g/mol. The molecule has 0 radical (unpaired) electrons. The number of amides is 1. The normalized spacial score (nSPS) is 14.5. The van der Waals surface area contributed by atoms with Crippen LogP contribution in [0.15, 0.2) is 23.6 Å². The van der Waals surface area contributed by atoms with Crippen molar-refractivity contribution in [2.75, 3.05) is 13.7 Å². The van der Waals surface area contributed by atoms with E-state index in [0.717, 1.165) is 19.3 Å². The second-order valence-electron chi connectivity index (χ2n) is 7.58. The molecule has 0 aliphatic carbocycles. The van der Waals surface area contributed by atoms with Crippen molar-refractivity contribution in [1.82, 2.24) is 10.3 Å². The van der Waals surface area contributed by atoms with Gasteiger partial charge >= 0.3 is 6.18 Å². The fourth-order valence-electron chi connectivity index (χ4n) is 3.06. The van der Waals surface area contributed by atoms with E-state index in [-0.39, 0.29) is 0 Å². The maximum atomic E-state index is 13.6. The van der Waals surface area contributed by atoms with Crippen LogP contribution in [0, 0.1) is 6.92 Å². The Bertz CT molecular complexity index is 904. The summed E-state index contributed by atoms with van der Waals surface area (Å²) >= 11 is 0.665. The average Bonchev–Trinajstić information content (AvgIpc) is 3.17. The summed E-state index contributed by atoms with van der Waals surface area (Å²) in [6, 6.07) is 4.46. The summed E-state index contributed by atoms with van der Waals surface area (Å²) in [5, 5.41) is 13.7. The highest BCUT2D eigenvalue weighted by Gasteiger charge is 2.58. The van der Waals surface area contributed by atoms with Gasteiger partial charge in [-0.1, -0.05) is 25.8 Å². The molecular formula is C22H29F3N2O4S. The molecule has 32 heavy (non-hydrogen) atoms. The number of ether oxygens (including phenoxy) is 2. The minimum atomic E-state index is -5.06. The van der Waals surface area contributed by atoms with Gasteiger partial charge in [0.05, 0.1) is 26.2 Å². The van der Waals surface area contributed by atoms with Crippen LogP contribution in [0.25, 0.3) is 0 Å². The second-order valence-corrected chi connectivity index (χ2v) is 8.44. The van der Waals surface area contributed by atoms with Crippen molar-refractivity contribution >= 4 is 17.2 Å². The molecule has 2 rings (SSSR count). The predicted molar refractivity (Wildman–Crippen MR) is 116 cm³/mol. The first kappa shape index (κ1) is 25.9. The van der Waals surface area contributed by atoms with Crippen LogP contribution in [0.5, 0.6) is 11.5 Å². The van der Waals surface area contributed by atoms with E-state index < -0.39 is 35.2 Å². The number of halogens is 3. The molecule has 2 atom stereocenters. The van der Waals surface area contributed by atoms with Gasteiger partial charge in [0.25, 0.3) is 0 Å². The first-order valence-corrected chi connectivity index (χ1v) is 11.2. The Labute approximate surface area is 189 Å². The molecule has 0 saturated heterocycles. The summed E-state index contributed by atoms with van der Waals surface area (Å²) in [7, 11) is 1.49. The molecule has 0 saturated carbocycles. The van der Waals surface area contributed by atoms with E-state index in [4.69, 9.17) is 9.47 Å². The molecule has 178 valence electrons. The number of rotatable bonds is 11. The number of aliphatic hydroxyl groups is 1. The monoisotopic (exact) mass is 474 g/mol. The van der Waals surface area contributed by atoms with Crippen LogP contribution in [0.4, 0.5) is 13.2 Å². The highest BCUT2D eigenvalue weighted by Crippen LogP contribution is 2.43. The Morgan fingerprint density at radius 2 is 2.00 bits per heavy atom. The Kier molecular flexibility index (Phi) is 8.91. The van der Waals surface area contributed by atoms with Crippen LogP contribution >= 0.6 is 11.3 Å². The number of thiazole rings is 1. The van der Waals surface area contributed by atoms with Crippen LogP contribution in [-0.4, -0.2) is 35.9 Å². The number of alkyl halides is 3. The molecule has 2 unspecified atom stereocenters. The Balaban J connectivity index is 2.10. The molecule has 2 aromatic rings. The number of nitrogens with one attached hydrogen (secondary N) is 1. The number of carbonyl (C=O) groups is 1. The van der Waals surface area contributed by atoms with Crippen LogP contribution in [0.2, 0.25) is 0 Å². The van der Waals surface area contributed by atoms with Crippen molar-refractivity contribution in [3.05, 3.63) is 39.8 Å². The van der Waals surface area contributed by atoms with Crippen LogP contribution < -0.4 is 14.8 Å². The predicted octanol–water partition coefficient (Wildman–Crippen LogP) is 5.05. The standard InChI is InChI=1S/C22H29F3N2O4S/c1-5-6-7-10-31-17-9-8-16(11-18(17)30-4)15(3)27-19(28)12-21(29,22(23,24)25)20-26-14(2)13-32-20/h8-9,11,13,15,29H,5-7,10,12H2,1-4H3,(H,27,28). The summed E-state index contributed by atoms with van der Waals surface area (Å²) in [5.74, 6) is 0.0608. The Hall–Kier alpha value is -2.33. The molecule has 0 bridgehead atoms. The van der Waals surface area contributed by atoms with Gasteiger partial charge < -0.3 is 19.9 Å². The smallest absolute Gasteiger partial charge is 0.424 e. The van der Waals surface area contributed by atoms with Gasteiger partial charge in [-0.2, -0.15) is 13.2 Å². The van der Waals surface area contributed by atoms with Crippen molar-refractivity contribution in [2.45, 2.75) is 64.3 Å². The summed E-state index contributed by atoms with van der Waals surface area (Å²) in [4.78, 5) is 16.2. The number of benzene rings is 1. The number of hydrogen-bond donors (Lipinski definition) is 2. The van der Waals surface area contributed by atoms with Gasteiger partial charge in [0, 0.05) is 11.1 Å². The highest BCUT2D eigenvalue weighted by molar-refractivity contribution is 7.09. The second kappa shape index (κ2) is 11.0. The molecule has 0 aliphatic rings. The van der Waals surface area contributed by atoms with Crippen LogP contribution in [0.1, 0.15) is 61.8 Å². The fraction of sp³-hybridized carbons (Fsp3) is 0.545. The van der Waals surface area contributed by atoms with Crippen LogP contribution in [-0.2, 0) is 10.4 Å². The van der Waals surface area contributed by atoms with Crippen LogP contribution in [0.3, 0.4) is 0 Å². The number of unbranched alkanes of at least 4 members (excludes halogenated alkanes) is 2. The molecule has 1 aromatic carbocycles. The van der Waals surface area contributed by atoms with Crippen molar-refractivity contribution in [2.24, 2.45) is 0 Å². The van der Waals surface area contributed by atoms with Crippen molar-refractivity contribution < 1.29 is 32.5 Å². The average molecular weight is 475 g/mol. The number of nitrogens with zero attached hydrogens (tertiary/aromatic N) is 1. The molecule has 1 heterocycles. The maximum Gasteiger partial charge on any atom is 0.424 e. The molecule has 1 aromatic heterocycles. The molecule has 0 fully saturated rings. The lowest BCUT2D eigenvalue weighted by atomic mass is 9.98. The van der Waals surface area contributed by atoms with Crippen molar-refractivity contribution in [3.63, 3.8) is 0 Å². The molecule has 6 nitrogen and oxygen atoms in total. The first-order chi connectivity index (χ1) is 15.0. The third-order valence-electron chi connectivity index (χ3n) is 4.93. The van der Waals surface area contributed by atoms with Crippen molar-refractivity contribution in [1.29, 1.82) is 0 Å². The molecule has 0 spiro atoms. The van der Waals surface area contributed by atoms with E-state index in [9.17, 15) is 23.1 Å². The van der Waals surface area contributed by atoms with E-state index in [2.05, 4.69) is 17.2 Å². The first-order valence-electron chi connectivity index (χ1n) is 10.3. The third kappa shape index (κ3) is 6.35. The summed E-state index contributed by atoms with van der Waals surface area (Å²) in [6.07, 6.45) is -3.22. The third-order valence-corrected chi connectivity index (χ3v) is 6.04. The van der Waals surface area contributed by atoms with Gasteiger partial charge in [-0.3, -0.25) is 4.79 Å². The number of aryl methyl sites for hydroxylation is 1. The molecule has 2 N–H and O–H groups in total. The summed E-state index contributed by atoms with van der Waals surface area (Å²) in [6.45, 7) is 5.79. The zero-order valence-corrected chi connectivity index (χ0v) is 19.4. The minimum Gasteiger partial charge on any atom is -0.493 e. The number of aromatic nitrogens is 1. The lowest BCUT2D eigenvalue weighted by Crippen LogP contribution is -2.46. The highest BCUT2D eigenvalue weighted by atomic mass is 32.1. The Morgan fingerprint density at radius 3 is 2.56 bits per heavy atom. The molecule has 10 heteroatoms. The van der Waals surface area contributed by atoms with Crippen molar-refractivity contribution in [3.8, 4) is 11.5 Å². The van der Waals surface area contributed by atoms with Gasteiger partial charge in [-0.15, -0.1) is 11.3 Å². The topological polar surface area (TPSA) is 80.7 Å². The van der Waals surface area contributed by atoms with E-state index in [1.807, 2.05) is 0 Å². The SMILES string of the molecule is CCCCCOc1ccc(C(C)NC(=O)CC(O)(c2nc(C)cs2)C(F)(F)F)cc1OC. The minimum absolute atomic E-state index is 0.338. The van der Waals surface area contributed by atoms with Gasteiger partial charge in [-0.25, -0.2) is 4.98 Å².